The number of anilines is 1. The summed E-state index contributed by atoms with van der Waals surface area (Å²) in [6, 6.07) is 7.37. The molecule has 0 aliphatic heterocycles. The van der Waals surface area contributed by atoms with Gasteiger partial charge in [-0.05, 0) is 37.0 Å². The molecule has 0 radical (unpaired) electrons. The number of ether oxygens (including phenoxy) is 1. The van der Waals surface area contributed by atoms with Crippen LogP contribution in [0.5, 0.6) is 0 Å². The highest BCUT2D eigenvalue weighted by atomic mass is 32.2. The Bertz CT molecular complexity index is 532. The molecule has 0 aromatic heterocycles. The predicted molar refractivity (Wildman–Crippen MR) is 90.7 cm³/mol. The maximum Gasteiger partial charge on any atom is 0.411 e. The molecule has 1 saturated carbocycles. The number of benzene rings is 1. The number of halogens is 2. The minimum atomic E-state index is -2.48. The summed E-state index contributed by atoms with van der Waals surface area (Å²) in [5.74, 6) is -1.36. The lowest BCUT2D eigenvalue weighted by molar-refractivity contribution is -0.0433. The zero-order valence-electron chi connectivity index (χ0n) is 13.5. The molecular formula is C17H23F2NO3S. The van der Waals surface area contributed by atoms with Crippen molar-refractivity contribution in [1.82, 2.24) is 0 Å². The lowest BCUT2D eigenvalue weighted by atomic mass is 9.88. The number of thioether (sulfide) groups is 1. The third-order valence-electron chi connectivity index (χ3n) is 3.94. The highest BCUT2D eigenvalue weighted by Gasteiger charge is 2.34. The van der Waals surface area contributed by atoms with E-state index in [0.717, 1.165) is 10.6 Å². The number of hydrogen-bond donors (Lipinski definition) is 2. The standard InChI is InChI=1S/C17H23F2NO3S/c18-17(19)7-5-13(6-8-17)12-24-15-4-1-3-14(11-15)20-16(22)23-10-2-9-21/h1,3-4,11,13,21H,2,5-10,12H2,(H,20,22). The van der Waals surface area contributed by atoms with Crippen molar-refractivity contribution in [2.75, 3.05) is 24.3 Å². The summed E-state index contributed by atoms with van der Waals surface area (Å²) in [6.07, 6.45) is 0.951. The highest BCUT2D eigenvalue weighted by molar-refractivity contribution is 7.99. The third kappa shape index (κ3) is 6.65. The number of hydrogen-bond acceptors (Lipinski definition) is 4. The van der Waals surface area contributed by atoms with Crippen LogP contribution in [0, 0.1) is 5.92 Å². The van der Waals surface area contributed by atoms with Gasteiger partial charge in [0.1, 0.15) is 0 Å². The van der Waals surface area contributed by atoms with Crippen LogP contribution in [0.1, 0.15) is 32.1 Å². The lowest BCUT2D eigenvalue weighted by Crippen LogP contribution is -2.25. The number of alkyl halides is 2. The number of amides is 1. The molecule has 7 heteroatoms. The lowest BCUT2D eigenvalue weighted by Gasteiger charge is -2.27. The second-order valence-corrected chi connectivity index (χ2v) is 7.07. The number of aliphatic hydroxyl groups excluding tert-OH is 1. The first kappa shape index (κ1) is 19.0. The van der Waals surface area contributed by atoms with Crippen LogP contribution in [0.2, 0.25) is 0 Å². The topological polar surface area (TPSA) is 58.6 Å². The van der Waals surface area contributed by atoms with Crippen molar-refractivity contribution >= 4 is 23.5 Å². The number of carbonyl (C=O) groups excluding carboxylic acids is 1. The average Bonchev–Trinajstić information content (AvgIpc) is 2.54. The molecule has 1 amide bonds. The summed E-state index contributed by atoms with van der Waals surface area (Å²) in [5, 5.41) is 11.3. The van der Waals surface area contributed by atoms with Crippen LogP contribution in [0.25, 0.3) is 0 Å². The van der Waals surface area contributed by atoms with Crippen LogP contribution < -0.4 is 5.32 Å². The van der Waals surface area contributed by atoms with E-state index >= 15 is 0 Å². The summed E-state index contributed by atoms with van der Waals surface area (Å²) < 4.78 is 31.2. The second-order valence-electron chi connectivity index (χ2n) is 5.98. The van der Waals surface area contributed by atoms with E-state index in [1.807, 2.05) is 18.2 Å². The summed E-state index contributed by atoms with van der Waals surface area (Å²) in [7, 11) is 0. The van der Waals surface area contributed by atoms with Crippen molar-refractivity contribution in [3.8, 4) is 0 Å². The zero-order valence-corrected chi connectivity index (χ0v) is 14.3. The first-order chi connectivity index (χ1) is 11.5. The van der Waals surface area contributed by atoms with Gasteiger partial charge >= 0.3 is 6.09 Å². The van der Waals surface area contributed by atoms with Gasteiger partial charge in [0, 0.05) is 42.2 Å². The largest absolute Gasteiger partial charge is 0.449 e. The Hall–Kier alpha value is -1.34. The normalized spacial score (nSPS) is 17.5. The van der Waals surface area contributed by atoms with E-state index in [0.29, 0.717) is 30.9 Å². The smallest absolute Gasteiger partial charge is 0.411 e. The van der Waals surface area contributed by atoms with E-state index in [9.17, 15) is 13.6 Å². The number of aliphatic hydroxyl groups is 1. The molecule has 0 saturated heterocycles. The number of carbonyl (C=O) groups is 1. The molecular weight excluding hydrogens is 336 g/mol. The van der Waals surface area contributed by atoms with Gasteiger partial charge in [-0.3, -0.25) is 5.32 Å². The highest BCUT2D eigenvalue weighted by Crippen LogP contribution is 2.38. The first-order valence-electron chi connectivity index (χ1n) is 8.14. The molecule has 0 spiro atoms. The third-order valence-corrected chi connectivity index (χ3v) is 5.16. The Kier molecular flexibility index (Phi) is 7.30. The molecule has 1 aliphatic carbocycles. The van der Waals surface area contributed by atoms with Crippen molar-refractivity contribution in [2.45, 2.75) is 42.9 Å². The fourth-order valence-electron chi connectivity index (χ4n) is 2.53. The Morgan fingerprint density at radius 2 is 2.12 bits per heavy atom. The van der Waals surface area contributed by atoms with Gasteiger partial charge in [-0.1, -0.05) is 6.07 Å². The molecule has 2 N–H and O–H groups in total. The minimum absolute atomic E-state index is 0.0144. The van der Waals surface area contributed by atoms with Gasteiger partial charge in [0.15, 0.2) is 0 Å². The van der Waals surface area contributed by atoms with Crippen LogP contribution >= 0.6 is 11.8 Å². The Morgan fingerprint density at radius 3 is 2.83 bits per heavy atom. The molecule has 0 unspecified atom stereocenters. The second kappa shape index (κ2) is 9.22. The molecule has 24 heavy (non-hydrogen) atoms. The average molecular weight is 359 g/mol. The Labute approximate surface area is 145 Å². The minimum Gasteiger partial charge on any atom is -0.449 e. The molecule has 1 aliphatic rings. The van der Waals surface area contributed by atoms with Gasteiger partial charge in [0.2, 0.25) is 5.92 Å². The first-order valence-corrected chi connectivity index (χ1v) is 9.12. The van der Waals surface area contributed by atoms with Crippen LogP contribution in [0.3, 0.4) is 0 Å². The van der Waals surface area contributed by atoms with Gasteiger partial charge < -0.3 is 9.84 Å². The molecule has 0 atom stereocenters. The maximum atomic E-state index is 13.2. The van der Waals surface area contributed by atoms with Crippen LogP contribution in [-0.2, 0) is 4.74 Å². The van der Waals surface area contributed by atoms with Gasteiger partial charge in [0.05, 0.1) is 6.61 Å². The van der Waals surface area contributed by atoms with E-state index in [1.165, 1.54) is 0 Å². The number of rotatable bonds is 7. The zero-order chi connectivity index (χ0) is 17.4. The molecule has 0 bridgehead atoms. The van der Waals surface area contributed by atoms with Crippen molar-refractivity contribution in [2.24, 2.45) is 5.92 Å². The molecule has 0 heterocycles. The van der Waals surface area contributed by atoms with Crippen molar-refractivity contribution in [3.05, 3.63) is 24.3 Å². The van der Waals surface area contributed by atoms with Gasteiger partial charge in [-0.15, -0.1) is 11.8 Å². The fourth-order valence-corrected chi connectivity index (χ4v) is 3.67. The number of nitrogens with one attached hydrogen (secondary N) is 1. The van der Waals surface area contributed by atoms with Gasteiger partial charge in [0.25, 0.3) is 0 Å². The van der Waals surface area contributed by atoms with E-state index in [2.05, 4.69) is 5.32 Å². The summed E-state index contributed by atoms with van der Waals surface area (Å²) >= 11 is 1.62. The van der Waals surface area contributed by atoms with Crippen LogP contribution in [0.4, 0.5) is 19.3 Å². The van der Waals surface area contributed by atoms with Crippen LogP contribution in [-0.4, -0.2) is 36.1 Å². The molecule has 1 fully saturated rings. The summed E-state index contributed by atoms with van der Waals surface area (Å²) in [6.45, 7) is 0.148. The molecule has 134 valence electrons. The van der Waals surface area contributed by atoms with E-state index in [4.69, 9.17) is 9.84 Å². The van der Waals surface area contributed by atoms with Gasteiger partial charge in [-0.2, -0.15) is 0 Å². The molecule has 2 rings (SSSR count). The van der Waals surface area contributed by atoms with E-state index in [-0.39, 0.29) is 26.1 Å². The maximum absolute atomic E-state index is 13.2. The van der Waals surface area contributed by atoms with E-state index in [1.54, 1.807) is 17.8 Å². The fraction of sp³-hybridized carbons (Fsp3) is 0.588. The Balaban J connectivity index is 1.77. The SMILES string of the molecule is O=C(Nc1cccc(SCC2CCC(F)(F)CC2)c1)OCCCO. The van der Waals surface area contributed by atoms with Crippen molar-refractivity contribution in [3.63, 3.8) is 0 Å². The molecule has 4 nitrogen and oxygen atoms in total. The van der Waals surface area contributed by atoms with Crippen LogP contribution in [0.15, 0.2) is 29.2 Å². The predicted octanol–water partition coefficient (Wildman–Crippen LogP) is 4.54. The van der Waals surface area contributed by atoms with Crippen molar-refractivity contribution < 1.29 is 23.4 Å². The quantitative estimate of drug-likeness (QED) is 0.554. The summed E-state index contributed by atoms with van der Waals surface area (Å²) in [4.78, 5) is 12.6. The van der Waals surface area contributed by atoms with Gasteiger partial charge in [-0.25, -0.2) is 13.6 Å². The summed E-state index contributed by atoms with van der Waals surface area (Å²) in [5.41, 5.74) is 0.629. The van der Waals surface area contributed by atoms with Crippen molar-refractivity contribution in [1.29, 1.82) is 0 Å². The molecule has 1 aromatic rings. The Morgan fingerprint density at radius 1 is 1.38 bits per heavy atom. The monoisotopic (exact) mass is 359 g/mol. The van der Waals surface area contributed by atoms with E-state index < -0.39 is 12.0 Å². The molecule has 1 aromatic carbocycles.